The molecule has 0 aliphatic heterocycles. The fraction of sp³-hybridized carbons (Fsp3) is 0.353. The standard InChI is InChI=1S/C17H17Cl2N3O/c18-14-9-5-4-8-13(14)17(23)22(12-6-2-1-3-7-12)16-11-10-15(19)20-21-16/h4-5,8-12H,1-3,6-7H2. The van der Waals surface area contributed by atoms with Gasteiger partial charge in [0.05, 0.1) is 10.6 Å². The minimum Gasteiger partial charge on any atom is -0.288 e. The first kappa shape index (κ1) is 16.2. The average Bonchev–Trinajstić information content (AvgIpc) is 2.58. The SMILES string of the molecule is O=C(c1ccccc1Cl)N(c1ccc(Cl)nn1)C1CCCCC1. The van der Waals surface area contributed by atoms with E-state index in [1.807, 2.05) is 12.1 Å². The van der Waals surface area contributed by atoms with Crippen molar-refractivity contribution in [2.45, 2.75) is 38.1 Å². The van der Waals surface area contributed by atoms with Crippen molar-refractivity contribution in [3.63, 3.8) is 0 Å². The molecule has 1 amide bonds. The number of nitrogens with zero attached hydrogens (tertiary/aromatic N) is 3. The van der Waals surface area contributed by atoms with Crippen LogP contribution >= 0.6 is 23.2 Å². The van der Waals surface area contributed by atoms with Crippen LogP contribution in [-0.2, 0) is 0 Å². The van der Waals surface area contributed by atoms with E-state index in [4.69, 9.17) is 23.2 Å². The van der Waals surface area contributed by atoms with Gasteiger partial charge in [-0.25, -0.2) is 0 Å². The summed E-state index contributed by atoms with van der Waals surface area (Å²) in [5.74, 6) is 0.380. The lowest BCUT2D eigenvalue weighted by atomic mass is 9.93. The average molecular weight is 350 g/mol. The van der Waals surface area contributed by atoms with Crippen LogP contribution in [-0.4, -0.2) is 22.1 Å². The number of hydrogen-bond acceptors (Lipinski definition) is 3. The second kappa shape index (κ2) is 7.28. The van der Waals surface area contributed by atoms with E-state index in [9.17, 15) is 4.79 Å². The molecule has 4 nitrogen and oxygen atoms in total. The number of amides is 1. The van der Waals surface area contributed by atoms with Gasteiger partial charge in [-0.15, -0.1) is 10.2 Å². The Balaban J connectivity index is 1.99. The van der Waals surface area contributed by atoms with Crippen molar-refractivity contribution in [3.8, 4) is 0 Å². The van der Waals surface area contributed by atoms with E-state index in [1.165, 1.54) is 6.42 Å². The van der Waals surface area contributed by atoms with Crippen LogP contribution in [0.1, 0.15) is 42.5 Å². The van der Waals surface area contributed by atoms with Gasteiger partial charge in [0.15, 0.2) is 11.0 Å². The van der Waals surface area contributed by atoms with Gasteiger partial charge in [0.1, 0.15) is 0 Å². The Labute approximate surface area is 145 Å². The first-order chi connectivity index (χ1) is 11.2. The van der Waals surface area contributed by atoms with Crippen molar-refractivity contribution >= 4 is 34.9 Å². The summed E-state index contributed by atoms with van der Waals surface area (Å²) in [6.07, 6.45) is 5.34. The first-order valence-electron chi connectivity index (χ1n) is 7.74. The van der Waals surface area contributed by atoms with Crippen LogP contribution in [0.2, 0.25) is 10.2 Å². The maximum absolute atomic E-state index is 13.1. The Bertz CT molecular complexity index is 684. The number of aromatic nitrogens is 2. The molecule has 0 atom stereocenters. The highest BCUT2D eigenvalue weighted by atomic mass is 35.5. The molecule has 23 heavy (non-hydrogen) atoms. The van der Waals surface area contributed by atoms with Gasteiger partial charge >= 0.3 is 0 Å². The topological polar surface area (TPSA) is 46.1 Å². The van der Waals surface area contributed by atoms with Crippen molar-refractivity contribution < 1.29 is 4.79 Å². The number of halogens is 2. The van der Waals surface area contributed by atoms with Crippen molar-refractivity contribution in [2.24, 2.45) is 0 Å². The summed E-state index contributed by atoms with van der Waals surface area (Å²) in [5.41, 5.74) is 0.483. The van der Waals surface area contributed by atoms with Crippen LogP contribution < -0.4 is 4.90 Å². The van der Waals surface area contributed by atoms with Crippen molar-refractivity contribution in [3.05, 3.63) is 52.1 Å². The number of carbonyl (C=O) groups excluding carboxylic acids is 1. The van der Waals surface area contributed by atoms with Crippen molar-refractivity contribution in [1.29, 1.82) is 0 Å². The molecule has 0 bridgehead atoms. The largest absolute Gasteiger partial charge is 0.288 e. The summed E-state index contributed by atoms with van der Waals surface area (Å²) >= 11 is 12.0. The number of anilines is 1. The highest BCUT2D eigenvalue weighted by Crippen LogP contribution is 2.29. The summed E-state index contributed by atoms with van der Waals surface area (Å²) in [4.78, 5) is 14.8. The molecule has 1 aliphatic rings. The molecular formula is C17H17Cl2N3O. The molecule has 2 aromatic rings. The first-order valence-corrected chi connectivity index (χ1v) is 8.50. The summed E-state index contributed by atoms with van der Waals surface area (Å²) in [6, 6.07) is 10.6. The zero-order chi connectivity index (χ0) is 16.2. The van der Waals surface area contributed by atoms with E-state index in [1.54, 1.807) is 29.2 Å². The predicted molar refractivity (Wildman–Crippen MR) is 92.2 cm³/mol. The number of benzene rings is 1. The normalized spacial score (nSPS) is 15.4. The van der Waals surface area contributed by atoms with E-state index in [-0.39, 0.29) is 11.9 Å². The Kier molecular flexibility index (Phi) is 5.13. The lowest BCUT2D eigenvalue weighted by Gasteiger charge is -2.33. The van der Waals surface area contributed by atoms with E-state index < -0.39 is 0 Å². The third-order valence-corrected chi connectivity index (χ3v) is 4.66. The summed E-state index contributed by atoms with van der Waals surface area (Å²) in [5, 5.41) is 8.74. The zero-order valence-corrected chi connectivity index (χ0v) is 14.1. The van der Waals surface area contributed by atoms with Crippen LogP contribution in [0.15, 0.2) is 36.4 Å². The maximum Gasteiger partial charge on any atom is 0.261 e. The lowest BCUT2D eigenvalue weighted by Crippen LogP contribution is -2.42. The van der Waals surface area contributed by atoms with Gasteiger partial charge in [0, 0.05) is 6.04 Å². The van der Waals surface area contributed by atoms with Crippen LogP contribution in [0.5, 0.6) is 0 Å². The summed E-state index contributed by atoms with van der Waals surface area (Å²) in [7, 11) is 0. The number of carbonyl (C=O) groups is 1. The molecule has 1 fully saturated rings. The molecule has 6 heteroatoms. The lowest BCUT2D eigenvalue weighted by molar-refractivity contribution is 0.0969. The van der Waals surface area contributed by atoms with Crippen molar-refractivity contribution in [2.75, 3.05) is 4.90 Å². The second-order valence-corrected chi connectivity index (χ2v) is 6.46. The molecular weight excluding hydrogens is 333 g/mol. The molecule has 1 heterocycles. The molecule has 1 aromatic heterocycles. The van der Waals surface area contributed by atoms with Crippen LogP contribution in [0.25, 0.3) is 0 Å². The third-order valence-electron chi connectivity index (χ3n) is 4.13. The van der Waals surface area contributed by atoms with Crippen LogP contribution in [0, 0.1) is 0 Å². The zero-order valence-electron chi connectivity index (χ0n) is 12.6. The molecule has 1 aromatic carbocycles. The maximum atomic E-state index is 13.1. The van der Waals surface area contributed by atoms with Crippen LogP contribution in [0.4, 0.5) is 5.82 Å². The molecule has 120 valence electrons. The molecule has 1 aliphatic carbocycles. The van der Waals surface area contributed by atoms with E-state index in [0.29, 0.717) is 21.6 Å². The van der Waals surface area contributed by atoms with Gasteiger partial charge < -0.3 is 0 Å². The number of hydrogen-bond donors (Lipinski definition) is 0. The highest BCUT2D eigenvalue weighted by molar-refractivity contribution is 6.34. The molecule has 0 N–H and O–H groups in total. The van der Waals surface area contributed by atoms with Crippen molar-refractivity contribution in [1.82, 2.24) is 10.2 Å². The van der Waals surface area contributed by atoms with Gasteiger partial charge in [-0.1, -0.05) is 54.6 Å². The van der Waals surface area contributed by atoms with Gasteiger partial charge in [0.25, 0.3) is 5.91 Å². The Hall–Kier alpha value is -1.65. The molecule has 3 rings (SSSR count). The Morgan fingerprint density at radius 3 is 2.39 bits per heavy atom. The molecule has 0 unspecified atom stereocenters. The van der Waals surface area contributed by atoms with Gasteiger partial charge in [0.2, 0.25) is 0 Å². The van der Waals surface area contributed by atoms with E-state index >= 15 is 0 Å². The highest BCUT2D eigenvalue weighted by Gasteiger charge is 2.29. The predicted octanol–water partition coefficient (Wildman–Crippen LogP) is 4.76. The summed E-state index contributed by atoms with van der Waals surface area (Å²) < 4.78 is 0. The molecule has 0 radical (unpaired) electrons. The quantitative estimate of drug-likeness (QED) is 0.802. The summed E-state index contributed by atoms with van der Waals surface area (Å²) in [6.45, 7) is 0. The Morgan fingerprint density at radius 1 is 1.00 bits per heavy atom. The van der Waals surface area contributed by atoms with Gasteiger partial charge in [-0.3, -0.25) is 9.69 Å². The second-order valence-electron chi connectivity index (χ2n) is 5.66. The fourth-order valence-corrected chi connectivity index (χ4v) is 3.32. The van der Waals surface area contributed by atoms with Gasteiger partial charge in [-0.2, -0.15) is 0 Å². The molecule has 0 spiro atoms. The molecule has 0 saturated heterocycles. The Morgan fingerprint density at radius 2 is 1.74 bits per heavy atom. The minimum atomic E-state index is -0.140. The third kappa shape index (κ3) is 3.65. The number of rotatable bonds is 3. The van der Waals surface area contributed by atoms with E-state index in [0.717, 1.165) is 25.7 Å². The fourth-order valence-electron chi connectivity index (χ4n) is 3.00. The van der Waals surface area contributed by atoms with E-state index in [2.05, 4.69) is 10.2 Å². The smallest absolute Gasteiger partial charge is 0.261 e. The van der Waals surface area contributed by atoms with Crippen LogP contribution in [0.3, 0.4) is 0 Å². The van der Waals surface area contributed by atoms with Gasteiger partial charge in [-0.05, 0) is 37.1 Å². The monoisotopic (exact) mass is 349 g/mol. The minimum absolute atomic E-state index is 0.114. The molecule has 1 saturated carbocycles.